The van der Waals surface area contributed by atoms with E-state index in [1.54, 1.807) is 6.92 Å². The minimum Gasteiger partial charge on any atom is -0.336 e. The summed E-state index contributed by atoms with van der Waals surface area (Å²) in [6, 6.07) is 15.9. The molecule has 2 N–H and O–H groups in total. The van der Waals surface area contributed by atoms with Gasteiger partial charge in [-0.1, -0.05) is 52.3 Å². The van der Waals surface area contributed by atoms with Gasteiger partial charge in [0.15, 0.2) is 0 Å². The molecule has 1 heterocycles. The van der Waals surface area contributed by atoms with E-state index in [0.717, 1.165) is 23.0 Å². The molecule has 0 saturated carbocycles. The number of amides is 1. The number of halogens is 2. The van der Waals surface area contributed by atoms with Crippen LogP contribution in [-0.2, 0) is 23.3 Å². The van der Waals surface area contributed by atoms with E-state index in [2.05, 4.69) is 28.1 Å². The Morgan fingerprint density at radius 2 is 1.74 bits per heavy atom. The summed E-state index contributed by atoms with van der Waals surface area (Å²) in [6.45, 7) is 3.15. The third-order valence-corrected chi connectivity index (χ3v) is 4.83. The minimum absolute atomic E-state index is 0. The number of nitrogens with zero attached hydrogens (tertiary/aromatic N) is 1. The van der Waals surface area contributed by atoms with Crippen LogP contribution in [0.15, 0.2) is 53.0 Å². The number of hydrogen-bond donors (Lipinski definition) is 1. The van der Waals surface area contributed by atoms with Crippen molar-refractivity contribution < 1.29 is 4.79 Å². The van der Waals surface area contributed by atoms with Gasteiger partial charge in [-0.2, -0.15) is 0 Å². The third-order valence-electron chi connectivity index (χ3n) is 4.31. The monoisotopic (exact) mass is 394 g/mol. The van der Waals surface area contributed by atoms with Gasteiger partial charge in [0.25, 0.3) is 0 Å². The van der Waals surface area contributed by atoms with Crippen molar-refractivity contribution in [3.63, 3.8) is 0 Å². The maximum Gasteiger partial charge on any atom is 0.247 e. The van der Waals surface area contributed by atoms with Crippen LogP contribution >= 0.6 is 28.3 Å². The maximum atomic E-state index is 12.9. The Hall–Kier alpha value is -1.36. The second-order valence-corrected chi connectivity index (χ2v) is 6.87. The van der Waals surface area contributed by atoms with Crippen molar-refractivity contribution in [1.29, 1.82) is 0 Å². The topological polar surface area (TPSA) is 46.3 Å². The van der Waals surface area contributed by atoms with Crippen molar-refractivity contribution in [2.24, 2.45) is 5.73 Å². The summed E-state index contributed by atoms with van der Waals surface area (Å²) in [6.07, 6.45) is 0.887. The highest BCUT2D eigenvalue weighted by atomic mass is 79.9. The van der Waals surface area contributed by atoms with Crippen LogP contribution in [0.25, 0.3) is 0 Å². The average Bonchev–Trinajstić information content (AvgIpc) is 2.54. The Morgan fingerprint density at radius 1 is 1.13 bits per heavy atom. The predicted molar refractivity (Wildman–Crippen MR) is 98.5 cm³/mol. The number of rotatable bonds is 2. The first-order valence-corrected chi connectivity index (χ1v) is 8.19. The smallest absolute Gasteiger partial charge is 0.247 e. The molecule has 0 spiro atoms. The first kappa shape index (κ1) is 18.0. The predicted octanol–water partition coefficient (Wildman–Crippen LogP) is 3.63. The summed E-state index contributed by atoms with van der Waals surface area (Å²) in [5, 5.41) is 0. The third kappa shape index (κ3) is 3.60. The normalized spacial score (nSPS) is 16.0. The lowest BCUT2D eigenvalue weighted by molar-refractivity contribution is -0.137. The molecular formula is C18H20BrClN2O. The van der Waals surface area contributed by atoms with Crippen molar-refractivity contribution >= 4 is 34.2 Å². The van der Waals surface area contributed by atoms with Crippen molar-refractivity contribution in [3.05, 3.63) is 69.7 Å². The van der Waals surface area contributed by atoms with E-state index in [1.165, 1.54) is 11.1 Å². The highest BCUT2D eigenvalue weighted by Crippen LogP contribution is 2.26. The molecule has 0 bridgehead atoms. The lowest BCUT2D eigenvalue weighted by Gasteiger charge is -2.35. The molecule has 122 valence electrons. The second-order valence-electron chi connectivity index (χ2n) is 5.95. The van der Waals surface area contributed by atoms with Gasteiger partial charge < -0.3 is 10.6 Å². The second kappa shape index (κ2) is 7.04. The van der Waals surface area contributed by atoms with E-state index in [1.807, 2.05) is 41.3 Å². The first-order valence-electron chi connectivity index (χ1n) is 7.39. The number of carbonyl (C=O) groups is 1. The van der Waals surface area contributed by atoms with Crippen LogP contribution in [0.3, 0.4) is 0 Å². The van der Waals surface area contributed by atoms with Gasteiger partial charge >= 0.3 is 0 Å². The van der Waals surface area contributed by atoms with E-state index in [-0.39, 0.29) is 18.3 Å². The summed E-state index contributed by atoms with van der Waals surface area (Å²) >= 11 is 3.41. The van der Waals surface area contributed by atoms with Crippen LogP contribution in [0, 0.1) is 0 Å². The lowest BCUT2D eigenvalue weighted by Crippen LogP contribution is -2.52. The van der Waals surface area contributed by atoms with Gasteiger partial charge in [0, 0.05) is 17.6 Å². The molecular weight excluding hydrogens is 376 g/mol. The van der Waals surface area contributed by atoms with Crippen molar-refractivity contribution in [3.8, 4) is 0 Å². The summed E-state index contributed by atoms with van der Waals surface area (Å²) in [5.41, 5.74) is 8.75. The molecule has 0 aliphatic carbocycles. The van der Waals surface area contributed by atoms with Crippen LogP contribution in [0.1, 0.15) is 23.6 Å². The molecule has 3 nitrogen and oxygen atoms in total. The molecule has 1 aliphatic rings. The molecule has 1 aliphatic heterocycles. The molecule has 3 rings (SSSR count). The van der Waals surface area contributed by atoms with Gasteiger partial charge in [-0.3, -0.25) is 4.79 Å². The molecule has 1 unspecified atom stereocenters. The van der Waals surface area contributed by atoms with Gasteiger partial charge in [0.05, 0.1) is 0 Å². The fourth-order valence-corrected chi connectivity index (χ4v) is 3.18. The summed E-state index contributed by atoms with van der Waals surface area (Å²) in [4.78, 5) is 14.8. The largest absolute Gasteiger partial charge is 0.336 e. The Morgan fingerprint density at radius 3 is 2.39 bits per heavy atom. The zero-order valence-corrected chi connectivity index (χ0v) is 15.4. The SMILES string of the molecule is CC(N)(C(=O)N1CCc2ccccc2C1)c1ccc(Br)cc1.Cl. The number of carbonyl (C=O) groups excluding carboxylic acids is 1. The molecule has 0 aromatic heterocycles. The van der Waals surface area contributed by atoms with Crippen molar-refractivity contribution in [1.82, 2.24) is 4.90 Å². The molecule has 0 radical (unpaired) electrons. The number of benzene rings is 2. The zero-order chi connectivity index (χ0) is 15.7. The zero-order valence-electron chi connectivity index (χ0n) is 13.0. The van der Waals surface area contributed by atoms with Gasteiger partial charge in [-0.15, -0.1) is 12.4 Å². The van der Waals surface area contributed by atoms with E-state index in [0.29, 0.717) is 6.54 Å². The van der Waals surface area contributed by atoms with Crippen molar-refractivity contribution in [2.75, 3.05) is 6.54 Å². The maximum absolute atomic E-state index is 12.9. The van der Waals surface area contributed by atoms with Crippen LogP contribution in [0.5, 0.6) is 0 Å². The van der Waals surface area contributed by atoms with E-state index in [9.17, 15) is 4.79 Å². The summed E-state index contributed by atoms with van der Waals surface area (Å²) in [5.74, 6) is -0.0238. The average molecular weight is 396 g/mol. The quantitative estimate of drug-likeness (QED) is 0.844. The van der Waals surface area contributed by atoms with Crippen LogP contribution in [0.4, 0.5) is 0 Å². The van der Waals surface area contributed by atoms with Crippen molar-refractivity contribution in [2.45, 2.75) is 25.4 Å². The van der Waals surface area contributed by atoms with Gasteiger partial charge in [-0.05, 0) is 42.2 Å². The highest BCUT2D eigenvalue weighted by Gasteiger charge is 2.35. The Kier molecular flexibility index (Phi) is 5.50. The molecule has 23 heavy (non-hydrogen) atoms. The first-order chi connectivity index (χ1) is 10.5. The van der Waals surface area contributed by atoms with Gasteiger partial charge in [-0.25, -0.2) is 0 Å². The van der Waals surface area contributed by atoms with Crippen LogP contribution in [-0.4, -0.2) is 17.4 Å². The number of fused-ring (bicyclic) bond motifs is 1. The molecule has 2 aromatic rings. The van der Waals surface area contributed by atoms with Gasteiger partial charge in [0.2, 0.25) is 5.91 Å². The van der Waals surface area contributed by atoms with E-state index >= 15 is 0 Å². The lowest BCUT2D eigenvalue weighted by atomic mass is 9.90. The Labute approximate surface area is 151 Å². The Bertz CT molecular complexity index is 700. The molecule has 0 fully saturated rings. The van der Waals surface area contributed by atoms with Crippen LogP contribution < -0.4 is 5.73 Å². The molecule has 2 aromatic carbocycles. The molecule has 1 amide bonds. The molecule has 0 saturated heterocycles. The van der Waals surface area contributed by atoms with Crippen LogP contribution in [0.2, 0.25) is 0 Å². The van der Waals surface area contributed by atoms with Gasteiger partial charge in [0.1, 0.15) is 5.54 Å². The summed E-state index contributed by atoms with van der Waals surface area (Å²) < 4.78 is 0.978. The fraction of sp³-hybridized carbons (Fsp3) is 0.278. The summed E-state index contributed by atoms with van der Waals surface area (Å²) in [7, 11) is 0. The number of hydrogen-bond acceptors (Lipinski definition) is 2. The highest BCUT2D eigenvalue weighted by molar-refractivity contribution is 9.10. The standard InChI is InChI=1S/C18H19BrN2O.ClH/c1-18(20,15-6-8-16(19)9-7-15)17(22)21-11-10-13-4-2-3-5-14(13)12-21;/h2-9H,10-12,20H2,1H3;1H. The molecule has 5 heteroatoms. The minimum atomic E-state index is -1.01. The number of nitrogens with two attached hydrogens (primary N) is 1. The molecule has 1 atom stereocenters. The fourth-order valence-electron chi connectivity index (χ4n) is 2.92. The van der Waals surface area contributed by atoms with E-state index in [4.69, 9.17) is 5.73 Å². The Balaban J connectivity index is 0.00000192. The van der Waals surface area contributed by atoms with E-state index < -0.39 is 5.54 Å².